The van der Waals surface area contributed by atoms with Crippen LogP contribution in [-0.2, 0) is 32.7 Å². The molecule has 11 heteroatoms. The van der Waals surface area contributed by atoms with Crippen molar-refractivity contribution >= 4 is 19.8 Å². The monoisotopic (exact) mass is 827 g/mol. The van der Waals surface area contributed by atoms with Crippen molar-refractivity contribution in [2.45, 2.75) is 187 Å². The molecular weight excluding hydrogens is 741 g/mol. The smallest absolute Gasteiger partial charge is 0.462 e. The number of aliphatic hydroxyl groups excluding tert-OH is 1. The van der Waals surface area contributed by atoms with Crippen molar-refractivity contribution in [3.05, 3.63) is 48.6 Å². The van der Waals surface area contributed by atoms with Crippen LogP contribution in [0.25, 0.3) is 0 Å². The second kappa shape index (κ2) is 38.2. The molecule has 332 valence electrons. The number of unbranched alkanes of at least 4 members (excludes halogenated alkanes) is 18. The fraction of sp³-hybridized carbons (Fsp3) is 0.783. The molecule has 0 aliphatic heterocycles. The fourth-order valence-corrected chi connectivity index (χ4v) is 6.59. The Bertz CT molecular complexity index is 1130. The van der Waals surface area contributed by atoms with Crippen molar-refractivity contribution in [2.75, 3.05) is 47.5 Å². The topological polar surface area (TPSA) is 129 Å². The minimum atomic E-state index is -4.41. The molecule has 2 unspecified atom stereocenters. The van der Waals surface area contributed by atoms with Crippen LogP contribution in [-0.4, -0.2) is 86.1 Å². The van der Waals surface area contributed by atoms with Crippen molar-refractivity contribution in [3.8, 4) is 0 Å². The Labute approximate surface area is 348 Å². The van der Waals surface area contributed by atoms with E-state index in [1.165, 1.54) is 96.3 Å². The van der Waals surface area contributed by atoms with Gasteiger partial charge in [0.2, 0.25) is 0 Å². The van der Waals surface area contributed by atoms with Gasteiger partial charge in [-0.25, -0.2) is 4.57 Å². The van der Waals surface area contributed by atoms with E-state index in [1.807, 2.05) is 39.4 Å². The Morgan fingerprint density at radius 1 is 0.632 bits per heavy atom. The maximum absolute atomic E-state index is 12.7. The molecule has 0 fully saturated rings. The summed E-state index contributed by atoms with van der Waals surface area (Å²) < 4.78 is 34.2. The molecule has 0 saturated heterocycles. The van der Waals surface area contributed by atoms with E-state index >= 15 is 0 Å². The predicted octanol–water partition coefficient (Wildman–Crippen LogP) is 11.7. The summed E-state index contributed by atoms with van der Waals surface area (Å²) in [7, 11) is 1.39. The molecule has 0 spiro atoms. The molecule has 0 aromatic carbocycles. The van der Waals surface area contributed by atoms with E-state index in [2.05, 4.69) is 32.1 Å². The van der Waals surface area contributed by atoms with Crippen LogP contribution in [0.3, 0.4) is 0 Å². The van der Waals surface area contributed by atoms with Crippen LogP contribution in [0.15, 0.2) is 48.6 Å². The average molecular weight is 827 g/mol. The Morgan fingerprint density at radius 2 is 1.18 bits per heavy atom. The molecule has 0 radical (unpaired) electrons. The van der Waals surface area contributed by atoms with E-state index < -0.39 is 38.6 Å². The highest BCUT2D eigenvalue weighted by Crippen LogP contribution is 2.43. The Morgan fingerprint density at radius 3 is 1.79 bits per heavy atom. The van der Waals surface area contributed by atoms with Gasteiger partial charge >= 0.3 is 19.8 Å². The molecule has 2 N–H and O–H groups in total. The quantitative estimate of drug-likeness (QED) is 0.0155. The number of carbonyl (C=O) groups is 2. The van der Waals surface area contributed by atoms with Crippen molar-refractivity contribution in [1.29, 1.82) is 0 Å². The predicted molar refractivity (Wildman–Crippen MR) is 235 cm³/mol. The Kier molecular flexibility index (Phi) is 36.8. The highest BCUT2D eigenvalue weighted by atomic mass is 31.2. The summed E-state index contributed by atoms with van der Waals surface area (Å²) in [5, 5.41) is 10.2. The number of esters is 2. The highest BCUT2D eigenvalue weighted by molar-refractivity contribution is 7.47. The number of allylic oxidation sites excluding steroid dienone is 6. The summed E-state index contributed by atoms with van der Waals surface area (Å²) in [4.78, 5) is 35.4. The van der Waals surface area contributed by atoms with Gasteiger partial charge in [-0.2, -0.15) is 0 Å². The number of likely N-dealkylation sites (N-methyl/N-ethyl adjacent to an activating group) is 1. The van der Waals surface area contributed by atoms with Gasteiger partial charge in [0.25, 0.3) is 0 Å². The first-order valence-corrected chi connectivity index (χ1v) is 24.0. The van der Waals surface area contributed by atoms with Crippen molar-refractivity contribution in [3.63, 3.8) is 0 Å². The van der Waals surface area contributed by atoms with E-state index in [-0.39, 0.29) is 26.1 Å². The third kappa shape index (κ3) is 41.9. The SMILES string of the molecule is CCCCC/C=C\C/C=C\CC(O)/C=C\C=C\CCCC(=O)O[C@H](COC(=O)CCCCCCCCCCCCCCCCC)COP(=O)(O)OCC[N+](C)(C)C. The maximum atomic E-state index is 12.7. The van der Waals surface area contributed by atoms with Gasteiger partial charge < -0.3 is 24.0 Å². The number of quaternary nitrogens is 1. The van der Waals surface area contributed by atoms with E-state index in [1.54, 1.807) is 12.2 Å². The van der Waals surface area contributed by atoms with Crippen LogP contribution < -0.4 is 0 Å². The zero-order chi connectivity index (χ0) is 42.3. The first-order chi connectivity index (χ1) is 27.4. The van der Waals surface area contributed by atoms with E-state index in [0.29, 0.717) is 30.3 Å². The lowest BCUT2D eigenvalue weighted by molar-refractivity contribution is -0.870. The Hall–Kier alpha value is -2.07. The zero-order valence-corrected chi connectivity index (χ0v) is 37.8. The summed E-state index contributed by atoms with van der Waals surface area (Å²) in [6.07, 6.45) is 40.4. The van der Waals surface area contributed by atoms with Crippen LogP contribution in [0.5, 0.6) is 0 Å². The summed E-state index contributed by atoms with van der Waals surface area (Å²) >= 11 is 0. The summed E-state index contributed by atoms with van der Waals surface area (Å²) in [6, 6.07) is 0. The van der Waals surface area contributed by atoms with Crippen molar-refractivity contribution < 1.29 is 47.2 Å². The minimum Gasteiger partial charge on any atom is -0.462 e. The van der Waals surface area contributed by atoms with Crippen LogP contribution in [0.1, 0.15) is 174 Å². The molecule has 0 saturated carbocycles. The number of aliphatic hydroxyl groups is 1. The second-order valence-corrected chi connectivity index (χ2v) is 17.7. The van der Waals surface area contributed by atoms with Gasteiger partial charge in [0.05, 0.1) is 33.9 Å². The average Bonchev–Trinajstić information content (AvgIpc) is 3.15. The molecule has 0 aromatic rings. The standard InChI is InChI=1S/C46H84NO9P/c1-6-8-10-12-14-16-17-18-19-20-21-23-25-29-33-37-45(49)53-41-44(42-55-57(51,52)54-40-39-47(3,4)5)56-46(50)38-34-30-26-28-32-36-43(48)35-31-27-24-22-15-13-11-9-7-2/h15,22,26-28,31-32,36,43-44,48H,6-14,16-21,23-25,29-30,33-35,37-42H2,1-5H3/p+1/b22-15-,28-26+,31-27-,36-32-/t43?,44-/m1/s1. The number of rotatable bonds is 40. The number of ether oxygens (including phenoxy) is 2. The van der Waals surface area contributed by atoms with Gasteiger partial charge in [0, 0.05) is 12.8 Å². The molecule has 57 heavy (non-hydrogen) atoms. The third-order valence-corrected chi connectivity index (χ3v) is 10.4. The zero-order valence-electron chi connectivity index (χ0n) is 36.9. The van der Waals surface area contributed by atoms with Crippen molar-refractivity contribution in [1.82, 2.24) is 0 Å². The summed E-state index contributed by atoms with van der Waals surface area (Å²) in [5.41, 5.74) is 0. The number of hydrogen-bond donors (Lipinski definition) is 2. The maximum Gasteiger partial charge on any atom is 0.472 e. The first kappa shape index (κ1) is 54.9. The summed E-state index contributed by atoms with van der Waals surface area (Å²) in [6.45, 7) is 4.22. The van der Waals surface area contributed by atoms with E-state index in [0.717, 1.165) is 32.1 Å². The number of nitrogens with zero attached hydrogens (tertiary/aromatic N) is 1. The Balaban J connectivity index is 4.53. The molecule has 0 bridgehead atoms. The van der Waals surface area contributed by atoms with Gasteiger partial charge in [-0.1, -0.05) is 165 Å². The molecule has 0 aromatic heterocycles. The number of carbonyl (C=O) groups excluding carboxylic acids is 2. The lowest BCUT2D eigenvalue weighted by atomic mass is 10.0. The lowest BCUT2D eigenvalue weighted by Gasteiger charge is -2.24. The lowest BCUT2D eigenvalue weighted by Crippen LogP contribution is -2.37. The van der Waals surface area contributed by atoms with Gasteiger partial charge in [0.1, 0.15) is 19.8 Å². The normalized spacial score (nSPS) is 14.6. The molecule has 0 aliphatic carbocycles. The fourth-order valence-electron chi connectivity index (χ4n) is 5.85. The van der Waals surface area contributed by atoms with Crippen molar-refractivity contribution in [2.24, 2.45) is 0 Å². The third-order valence-electron chi connectivity index (χ3n) is 9.44. The molecule has 0 amide bonds. The van der Waals surface area contributed by atoms with Gasteiger partial charge in [0.15, 0.2) is 6.10 Å². The van der Waals surface area contributed by atoms with Gasteiger partial charge in [-0.05, 0) is 44.9 Å². The van der Waals surface area contributed by atoms with E-state index in [4.69, 9.17) is 18.5 Å². The number of phosphoric acid groups is 1. The van der Waals surface area contributed by atoms with Crippen LogP contribution in [0.4, 0.5) is 0 Å². The number of phosphoric ester groups is 1. The molecule has 10 nitrogen and oxygen atoms in total. The highest BCUT2D eigenvalue weighted by Gasteiger charge is 2.27. The first-order valence-electron chi connectivity index (χ1n) is 22.5. The molecule has 0 heterocycles. The van der Waals surface area contributed by atoms with Gasteiger partial charge in [-0.3, -0.25) is 18.6 Å². The largest absolute Gasteiger partial charge is 0.472 e. The number of hydrogen-bond acceptors (Lipinski definition) is 8. The molecule has 3 atom stereocenters. The molecular formula is C46H85NO9P+. The van der Waals surface area contributed by atoms with Crippen LogP contribution in [0, 0.1) is 0 Å². The van der Waals surface area contributed by atoms with Gasteiger partial charge in [-0.15, -0.1) is 0 Å². The van der Waals surface area contributed by atoms with E-state index in [9.17, 15) is 24.2 Å². The molecule has 0 aliphatic rings. The summed E-state index contributed by atoms with van der Waals surface area (Å²) in [5.74, 6) is -0.926. The minimum absolute atomic E-state index is 0.00577. The van der Waals surface area contributed by atoms with Crippen LogP contribution in [0.2, 0.25) is 0 Å². The van der Waals surface area contributed by atoms with Crippen LogP contribution >= 0.6 is 7.82 Å². The second-order valence-electron chi connectivity index (χ2n) is 16.3. The molecule has 0 rings (SSSR count).